The lowest BCUT2D eigenvalue weighted by molar-refractivity contribution is -0.185. The lowest BCUT2D eigenvalue weighted by atomic mass is 9.41. The van der Waals surface area contributed by atoms with Crippen molar-refractivity contribution >= 4 is 12.2 Å². The van der Waals surface area contributed by atoms with Crippen LogP contribution in [0.25, 0.3) is 0 Å². The minimum Gasteiger partial charge on any atom is -0.446 e. The molecule has 12 unspecified atom stereocenters. The zero-order chi connectivity index (χ0) is 32.6. The fourth-order valence-corrected chi connectivity index (χ4v) is 13.4. The molecule has 258 valence electrons. The second-order valence-corrected chi connectivity index (χ2v) is 18.4. The lowest BCUT2D eigenvalue weighted by Gasteiger charge is -2.63. The summed E-state index contributed by atoms with van der Waals surface area (Å²) in [6.07, 6.45) is 8.35. The van der Waals surface area contributed by atoms with E-state index in [1.807, 2.05) is 0 Å². The van der Waals surface area contributed by atoms with Crippen LogP contribution in [0, 0.1) is 50.7 Å². The van der Waals surface area contributed by atoms with Crippen molar-refractivity contribution in [2.45, 2.75) is 142 Å². The number of β-amino-alcohol motifs (C(OH)–C–C–N with tert-alkyl or cyclic N) is 1. The van der Waals surface area contributed by atoms with Gasteiger partial charge in [-0.1, -0.05) is 41.5 Å². The van der Waals surface area contributed by atoms with E-state index in [1.165, 1.54) is 12.8 Å². The zero-order valence-corrected chi connectivity index (χ0v) is 29.0. The highest BCUT2D eigenvalue weighted by Gasteiger charge is 2.84. The van der Waals surface area contributed by atoms with Gasteiger partial charge in [0.05, 0.1) is 37.5 Å². The molecule has 46 heavy (non-hydrogen) atoms. The number of amides is 2. The minimum absolute atomic E-state index is 0.000258. The average Bonchev–Trinajstić information content (AvgIpc) is 3.59. The van der Waals surface area contributed by atoms with Gasteiger partial charge in [0.15, 0.2) is 0 Å². The standard InChI is InChI=1S/C37H58N2O7/c1-21(2)28(46-31(42)38-16-7-17-38)24-9-8-23-29(44-24)30(41)35(6)26-11-10-25-33(3,4)27(45-32(43)39-18-22(40)19-39)12-13-36(25)20-37(26,36)15-14-34(23,35)5/h21-30,40-41H,7-20H2,1-6H3. The summed E-state index contributed by atoms with van der Waals surface area (Å²) in [5.74, 6) is 1.38. The molecule has 0 radical (unpaired) electrons. The maximum absolute atomic E-state index is 12.9. The largest absolute Gasteiger partial charge is 0.446 e. The molecule has 5 aliphatic carbocycles. The van der Waals surface area contributed by atoms with E-state index >= 15 is 0 Å². The number of aliphatic hydroxyl groups excluding tert-OH is 2. The second-order valence-electron chi connectivity index (χ2n) is 18.4. The van der Waals surface area contributed by atoms with Crippen LogP contribution >= 0.6 is 0 Å². The molecular formula is C37H58N2O7. The first-order valence-corrected chi connectivity index (χ1v) is 18.6. The van der Waals surface area contributed by atoms with Crippen LogP contribution in [0.1, 0.15) is 106 Å². The van der Waals surface area contributed by atoms with Crippen LogP contribution in [0.3, 0.4) is 0 Å². The van der Waals surface area contributed by atoms with Gasteiger partial charge in [-0.3, -0.25) is 0 Å². The summed E-state index contributed by atoms with van der Waals surface area (Å²) in [5.41, 5.74) is 0.131. The molecule has 2 N–H and O–H groups in total. The summed E-state index contributed by atoms with van der Waals surface area (Å²) in [7, 11) is 0. The molecular weight excluding hydrogens is 584 g/mol. The van der Waals surface area contributed by atoms with Crippen molar-refractivity contribution in [3.8, 4) is 0 Å². The maximum Gasteiger partial charge on any atom is 0.410 e. The summed E-state index contributed by atoms with van der Waals surface area (Å²) in [5, 5.41) is 22.2. The topological polar surface area (TPSA) is 109 Å². The van der Waals surface area contributed by atoms with Gasteiger partial charge in [0.25, 0.3) is 0 Å². The molecule has 3 saturated heterocycles. The summed E-state index contributed by atoms with van der Waals surface area (Å²) >= 11 is 0. The van der Waals surface area contributed by atoms with Crippen molar-refractivity contribution in [3.05, 3.63) is 0 Å². The van der Waals surface area contributed by atoms with Gasteiger partial charge in [0.1, 0.15) is 12.2 Å². The smallest absolute Gasteiger partial charge is 0.410 e. The molecule has 0 aromatic rings. The number of hydrogen-bond acceptors (Lipinski definition) is 7. The van der Waals surface area contributed by atoms with Crippen LogP contribution in [0.4, 0.5) is 9.59 Å². The fraction of sp³-hybridized carbons (Fsp3) is 0.946. The first kappa shape index (κ1) is 31.7. The monoisotopic (exact) mass is 642 g/mol. The maximum atomic E-state index is 12.9. The van der Waals surface area contributed by atoms with Crippen molar-refractivity contribution in [1.82, 2.24) is 9.80 Å². The molecule has 8 aliphatic rings. The Hall–Kier alpha value is -1.58. The number of ether oxygens (including phenoxy) is 3. The Bertz CT molecular complexity index is 1260. The quantitative estimate of drug-likeness (QED) is 0.411. The molecule has 2 amide bonds. The molecule has 3 aliphatic heterocycles. The molecule has 0 aromatic heterocycles. The Balaban J connectivity index is 1.01. The van der Waals surface area contributed by atoms with Crippen LogP contribution in [0.5, 0.6) is 0 Å². The second kappa shape index (κ2) is 10.2. The Kier molecular flexibility index (Phi) is 7.04. The molecule has 8 rings (SSSR count). The number of fused-ring (bicyclic) bond motifs is 4. The van der Waals surface area contributed by atoms with E-state index in [1.54, 1.807) is 9.80 Å². The van der Waals surface area contributed by atoms with Crippen LogP contribution in [-0.4, -0.2) is 95.0 Å². The SMILES string of the molecule is CC(C)C(OC(=O)N1CCC1)C1CCC2C(O1)C(O)C1(C)C3CCC4C(C)(C)C(OC(=O)N5CC(O)C5)CCC45CC35CCC21C. The third kappa shape index (κ3) is 3.97. The van der Waals surface area contributed by atoms with Gasteiger partial charge >= 0.3 is 12.2 Å². The van der Waals surface area contributed by atoms with Crippen LogP contribution in [-0.2, 0) is 14.2 Å². The Morgan fingerprint density at radius 1 is 0.848 bits per heavy atom. The van der Waals surface area contributed by atoms with Crippen molar-refractivity contribution in [2.75, 3.05) is 26.2 Å². The van der Waals surface area contributed by atoms with Gasteiger partial charge in [-0.25, -0.2) is 9.59 Å². The normalized spacial score (nSPS) is 49.3. The van der Waals surface area contributed by atoms with Gasteiger partial charge in [0, 0.05) is 23.9 Å². The molecule has 9 nitrogen and oxygen atoms in total. The van der Waals surface area contributed by atoms with Gasteiger partial charge < -0.3 is 34.2 Å². The summed E-state index contributed by atoms with van der Waals surface area (Å²) in [4.78, 5) is 29.1. The molecule has 0 aromatic carbocycles. The van der Waals surface area contributed by atoms with Gasteiger partial charge in [-0.2, -0.15) is 0 Å². The third-order valence-electron chi connectivity index (χ3n) is 16.2. The lowest BCUT2D eigenvalue weighted by Crippen LogP contribution is -2.60. The van der Waals surface area contributed by atoms with E-state index in [2.05, 4.69) is 41.5 Å². The van der Waals surface area contributed by atoms with Crippen molar-refractivity contribution < 1.29 is 34.0 Å². The van der Waals surface area contributed by atoms with Gasteiger partial charge in [-0.05, 0) is 104 Å². The highest BCUT2D eigenvalue weighted by atomic mass is 16.6. The number of nitrogens with zero attached hydrogens (tertiary/aromatic N) is 2. The Morgan fingerprint density at radius 2 is 1.54 bits per heavy atom. The molecule has 2 spiro atoms. The summed E-state index contributed by atoms with van der Waals surface area (Å²) in [6, 6.07) is 0. The Labute approximate surface area is 275 Å². The molecule has 3 heterocycles. The zero-order valence-electron chi connectivity index (χ0n) is 29.0. The van der Waals surface area contributed by atoms with Crippen LogP contribution < -0.4 is 0 Å². The Morgan fingerprint density at radius 3 is 2.20 bits per heavy atom. The van der Waals surface area contributed by atoms with Crippen molar-refractivity contribution in [3.63, 3.8) is 0 Å². The van der Waals surface area contributed by atoms with E-state index in [4.69, 9.17) is 14.2 Å². The highest BCUT2D eigenvalue weighted by Crippen LogP contribution is 2.89. The van der Waals surface area contributed by atoms with E-state index in [-0.39, 0.29) is 69.6 Å². The van der Waals surface area contributed by atoms with Gasteiger partial charge in [-0.15, -0.1) is 0 Å². The van der Waals surface area contributed by atoms with Gasteiger partial charge in [0.2, 0.25) is 0 Å². The average molecular weight is 643 g/mol. The number of aliphatic hydroxyl groups is 2. The minimum atomic E-state index is -0.544. The fourth-order valence-electron chi connectivity index (χ4n) is 13.4. The predicted molar refractivity (Wildman–Crippen MR) is 171 cm³/mol. The number of carbonyl (C=O) groups is 2. The first-order chi connectivity index (χ1) is 21.7. The predicted octanol–water partition coefficient (Wildman–Crippen LogP) is 5.60. The highest BCUT2D eigenvalue weighted by molar-refractivity contribution is 5.69. The number of carbonyl (C=O) groups excluding carboxylic acids is 2. The number of likely N-dealkylation sites (tertiary alicyclic amines) is 2. The van der Waals surface area contributed by atoms with E-state index in [0.29, 0.717) is 30.8 Å². The third-order valence-corrected chi connectivity index (χ3v) is 16.2. The first-order valence-electron chi connectivity index (χ1n) is 18.6. The molecule has 12 atom stereocenters. The summed E-state index contributed by atoms with van der Waals surface area (Å²) in [6.45, 7) is 16.0. The van der Waals surface area contributed by atoms with Crippen LogP contribution in [0.15, 0.2) is 0 Å². The number of hydrogen-bond donors (Lipinski definition) is 2. The van der Waals surface area contributed by atoms with Crippen molar-refractivity contribution in [1.29, 1.82) is 0 Å². The van der Waals surface area contributed by atoms with E-state index in [0.717, 1.165) is 64.5 Å². The van der Waals surface area contributed by atoms with E-state index in [9.17, 15) is 19.8 Å². The molecule has 5 saturated carbocycles. The van der Waals surface area contributed by atoms with Crippen molar-refractivity contribution in [2.24, 2.45) is 50.7 Å². The number of rotatable bonds is 4. The molecule has 0 bridgehead atoms. The molecule has 8 fully saturated rings. The molecule has 9 heteroatoms. The van der Waals surface area contributed by atoms with E-state index < -0.39 is 12.2 Å². The van der Waals surface area contributed by atoms with Crippen LogP contribution in [0.2, 0.25) is 0 Å². The summed E-state index contributed by atoms with van der Waals surface area (Å²) < 4.78 is 19.2.